The third-order valence-electron chi connectivity index (χ3n) is 9.22. The van der Waals surface area contributed by atoms with Gasteiger partial charge in [0, 0.05) is 43.0 Å². The van der Waals surface area contributed by atoms with Crippen LogP contribution in [-0.4, -0.2) is 90.2 Å². The van der Waals surface area contributed by atoms with Gasteiger partial charge in [0.1, 0.15) is 24.2 Å². The highest BCUT2D eigenvalue weighted by Crippen LogP contribution is 2.20. The van der Waals surface area contributed by atoms with Gasteiger partial charge >= 0.3 is 0 Å². The molecule has 55 heavy (non-hydrogen) atoms. The van der Waals surface area contributed by atoms with E-state index in [1.54, 1.807) is 6.20 Å². The summed E-state index contributed by atoms with van der Waals surface area (Å²) in [6.45, 7) is -0.142. The smallest absolute Gasteiger partial charge is 0.243 e. The zero-order valence-electron chi connectivity index (χ0n) is 30.3. The first-order valence-corrected chi connectivity index (χ1v) is 18.1. The summed E-state index contributed by atoms with van der Waals surface area (Å²) in [6, 6.07) is 16.3. The van der Waals surface area contributed by atoms with Crippen LogP contribution in [0.25, 0.3) is 21.7 Å². The topological polar surface area (TPSA) is 290 Å². The number of amides is 5. The minimum absolute atomic E-state index is 0.0654. The van der Waals surface area contributed by atoms with Crippen molar-refractivity contribution in [3.63, 3.8) is 0 Å². The van der Waals surface area contributed by atoms with Crippen molar-refractivity contribution in [2.24, 2.45) is 32.9 Å². The highest BCUT2D eigenvalue weighted by Gasteiger charge is 2.32. The van der Waals surface area contributed by atoms with E-state index >= 15 is 0 Å². The number of para-hydroxylation sites is 1. The second-order valence-corrected chi connectivity index (χ2v) is 13.4. The van der Waals surface area contributed by atoms with E-state index in [0.29, 0.717) is 12.8 Å². The molecule has 5 rings (SSSR count). The fourth-order valence-corrected chi connectivity index (χ4v) is 6.44. The van der Waals surface area contributed by atoms with E-state index in [1.165, 1.54) is 0 Å². The molecule has 0 radical (unpaired) electrons. The molecule has 4 atom stereocenters. The number of rotatable bonds is 12. The average Bonchev–Trinajstić information content (AvgIpc) is 3.57. The summed E-state index contributed by atoms with van der Waals surface area (Å²) in [4.78, 5) is 80.3. The number of carbonyl (C=O) groups excluding carboxylic acids is 5. The van der Waals surface area contributed by atoms with Crippen molar-refractivity contribution >= 4 is 63.1 Å². The summed E-state index contributed by atoms with van der Waals surface area (Å²) < 4.78 is 0. The van der Waals surface area contributed by atoms with Gasteiger partial charge in [0.2, 0.25) is 29.5 Å². The molecule has 14 N–H and O–H groups in total. The molecule has 2 heterocycles. The first kappa shape index (κ1) is 39.6. The third kappa shape index (κ3) is 11.4. The molecule has 1 aliphatic heterocycles. The van der Waals surface area contributed by atoms with Crippen LogP contribution in [0.4, 0.5) is 0 Å². The first-order valence-electron chi connectivity index (χ1n) is 18.1. The predicted molar refractivity (Wildman–Crippen MR) is 210 cm³/mol. The molecule has 0 bridgehead atoms. The standard InChI is InChI=1S/C38H48N12O5/c39-37(40)43-15-5-11-28-34(53)48-29(12-6-16-44-38(41)42)35(54)50-30(18-22-13-14-23-7-1-2-8-24(23)17-22)33(52)46-21-32(51)47-31(36(55)49-28)19-25-20-45-27-10-4-3-9-26(25)27/h1-4,7-10,13-14,17,20,28-31,45H,5-6,11-12,15-16,18-19,21H2,(H,46,52)(H,47,51)(H,48,53)(H,49,55)(H,50,54)(H4,39,40,43)(H4,41,42,44)/t28-,29+,30-,31+/m0/s1. The Kier molecular flexibility index (Phi) is 13.6. The van der Waals surface area contributed by atoms with Gasteiger partial charge in [-0.25, -0.2) is 0 Å². The van der Waals surface area contributed by atoms with Gasteiger partial charge in [-0.3, -0.25) is 34.0 Å². The minimum Gasteiger partial charge on any atom is -0.370 e. The number of aliphatic imine (C=N–C) groups is 2. The maximum atomic E-state index is 14.0. The van der Waals surface area contributed by atoms with Crippen molar-refractivity contribution in [1.82, 2.24) is 31.6 Å². The number of hydrogen-bond acceptors (Lipinski definition) is 7. The van der Waals surface area contributed by atoms with Crippen LogP contribution in [0.15, 0.2) is 82.9 Å². The summed E-state index contributed by atoms with van der Waals surface area (Å²) in [7, 11) is 0. The number of nitrogens with two attached hydrogens (primary N) is 4. The molecule has 5 amide bonds. The van der Waals surface area contributed by atoms with Crippen molar-refractivity contribution in [2.45, 2.75) is 62.7 Å². The molecular weight excluding hydrogens is 704 g/mol. The first-order chi connectivity index (χ1) is 26.5. The molecular formula is C38H48N12O5. The SMILES string of the molecule is NC(N)=NCCC[C@@H]1NC(=O)[C@@H](Cc2c[nH]c3ccccc23)NC(=O)CNC(=O)[C@H](Cc2ccc3ccccc3c2)NC(=O)[C@@H](CCCN=C(N)N)NC1=O. The Morgan fingerprint density at radius 2 is 1.18 bits per heavy atom. The van der Waals surface area contributed by atoms with Crippen molar-refractivity contribution in [1.29, 1.82) is 0 Å². The van der Waals surface area contributed by atoms with Crippen molar-refractivity contribution in [3.8, 4) is 0 Å². The van der Waals surface area contributed by atoms with Gasteiger partial charge in [-0.2, -0.15) is 0 Å². The van der Waals surface area contributed by atoms with Crippen LogP contribution in [0.1, 0.15) is 36.8 Å². The van der Waals surface area contributed by atoms with E-state index in [9.17, 15) is 24.0 Å². The lowest BCUT2D eigenvalue weighted by atomic mass is 10.0. The van der Waals surface area contributed by atoms with E-state index in [-0.39, 0.29) is 50.7 Å². The highest BCUT2D eigenvalue weighted by atomic mass is 16.2. The molecule has 0 saturated carbocycles. The third-order valence-corrected chi connectivity index (χ3v) is 9.22. The molecule has 1 aliphatic rings. The second-order valence-electron chi connectivity index (χ2n) is 13.4. The number of H-pyrrole nitrogens is 1. The molecule has 17 nitrogen and oxygen atoms in total. The number of nitrogens with one attached hydrogen (secondary N) is 6. The van der Waals surface area contributed by atoms with Crippen LogP contribution in [0.3, 0.4) is 0 Å². The van der Waals surface area contributed by atoms with E-state index in [0.717, 1.165) is 32.8 Å². The number of guanidine groups is 2. The van der Waals surface area contributed by atoms with Gasteiger partial charge in [-0.1, -0.05) is 60.7 Å². The number of hydrogen-bond donors (Lipinski definition) is 10. The lowest BCUT2D eigenvalue weighted by Crippen LogP contribution is -2.58. The van der Waals surface area contributed by atoms with Gasteiger partial charge in [0.15, 0.2) is 11.9 Å². The second kappa shape index (κ2) is 18.9. The summed E-state index contributed by atoms with van der Waals surface area (Å²) in [6.07, 6.45) is 2.67. The molecule has 1 aromatic heterocycles. The molecule has 4 aromatic rings. The highest BCUT2D eigenvalue weighted by molar-refractivity contribution is 5.97. The zero-order chi connectivity index (χ0) is 39.3. The Morgan fingerprint density at radius 1 is 0.618 bits per heavy atom. The number of nitrogens with zero attached hydrogens (tertiary/aromatic N) is 2. The summed E-state index contributed by atoms with van der Waals surface area (Å²) in [5, 5.41) is 16.5. The number of aromatic nitrogens is 1. The fourth-order valence-electron chi connectivity index (χ4n) is 6.44. The van der Waals surface area contributed by atoms with Gasteiger partial charge < -0.3 is 54.5 Å². The molecule has 0 unspecified atom stereocenters. The minimum atomic E-state index is -1.16. The quantitative estimate of drug-likeness (QED) is 0.0496. The van der Waals surface area contributed by atoms with Crippen molar-refractivity contribution in [2.75, 3.05) is 19.6 Å². The summed E-state index contributed by atoms with van der Waals surface area (Å²) >= 11 is 0. The summed E-state index contributed by atoms with van der Waals surface area (Å²) in [5.41, 5.74) is 24.3. The maximum Gasteiger partial charge on any atom is 0.243 e. The van der Waals surface area contributed by atoms with E-state index in [1.807, 2.05) is 66.7 Å². The Hall–Kier alpha value is -6.65. The lowest BCUT2D eigenvalue weighted by Gasteiger charge is -2.26. The molecule has 1 saturated heterocycles. The van der Waals surface area contributed by atoms with Crippen LogP contribution < -0.4 is 49.5 Å². The maximum absolute atomic E-state index is 14.0. The van der Waals surface area contributed by atoms with Gasteiger partial charge in [0.05, 0.1) is 6.54 Å². The van der Waals surface area contributed by atoms with Crippen LogP contribution in [0, 0.1) is 0 Å². The Bertz CT molecular complexity index is 2070. The Labute approximate surface area is 317 Å². The number of carbonyl (C=O) groups is 5. The van der Waals surface area contributed by atoms with Gasteiger partial charge in [-0.05, 0) is 53.6 Å². The van der Waals surface area contributed by atoms with E-state index in [4.69, 9.17) is 22.9 Å². The van der Waals surface area contributed by atoms with Crippen molar-refractivity contribution < 1.29 is 24.0 Å². The average molecular weight is 753 g/mol. The Morgan fingerprint density at radius 3 is 1.84 bits per heavy atom. The van der Waals surface area contributed by atoms with Crippen LogP contribution in [-0.2, 0) is 36.8 Å². The lowest BCUT2D eigenvalue weighted by molar-refractivity contribution is -0.134. The fraction of sp³-hybridized carbons (Fsp3) is 0.342. The number of aromatic amines is 1. The summed E-state index contributed by atoms with van der Waals surface area (Å²) in [5.74, 6) is -3.50. The zero-order valence-corrected chi connectivity index (χ0v) is 30.3. The predicted octanol–water partition coefficient (Wildman–Crippen LogP) is -0.717. The molecule has 0 aliphatic carbocycles. The molecule has 3 aromatic carbocycles. The Balaban J connectivity index is 1.47. The normalized spacial score (nSPS) is 19.9. The molecule has 290 valence electrons. The number of benzene rings is 3. The molecule has 0 spiro atoms. The number of fused-ring (bicyclic) bond motifs is 2. The largest absolute Gasteiger partial charge is 0.370 e. The van der Waals surface area contributed by atoms with Gasteiger partial charge in [0.25, 0.3) is 0 Å². The molecule has 1 fully saturated rings. The van der Waals surface area contributed by atoms with Crippen molar-refractivity contribution in [3.05, 3.63) is 84.1 Å². The molecule has 17 heteroatoms. The van der Waals surface area contributed by atoms with E-state index < -0.39 is 60.2 Å². The van der Waals surface area contributed by atoms with Gasteiger partial charge in [-0.15, -0.1) is 0 Å². The van der Waals surface area contributed by atoms with Crippen LogP contribution >= 0.6 is 0 Å². The monoisotopic (exact) mass is 752 g/mol. The van der Waals surface area contributed by atoms with Crippen LogP contribution in [0.5, 0.6) is 0 Å². The van der Waals surface area contributed by atoms with Crippen LogP contribution in [0.2, 0.25) is 0 Å². The van der Waals surface area contributed by atoms with E-state index in [2.05, 4.69) is 41.6 Å².